The molecule has 0 fully saturated rings. The minimum Gasteiger partial charge on any atom is -0.466 e. The van der Waals surface area contributed by atoms with Crippen LogP contribution in [0.5, 0.6) is 0 Å². The van der Waals surface area contributed by atoms with E-state index in [0.29, 0.717) is 19.6 Å². The van der Waals surface area contributed by atoms with Crippen molar-refractivity contribution in [2.45, 2.75) is 32.1 Å². The van der Waals surface area contributed by atoms with Crippen molar-refractivity contribution in [3.63, 3.8) is 0 Å². The number of alkyl halides is 2. The SMILES string of the molecule is CCOC(=O)CC(CCNC)c1cccc(C(F)F)c1. The van der Waals surface area contributed by atoms with E-state index in [-0.39, 0.29) is 23.9 Å². The van der Waals surface area contributed by atoms with E-state index >= 15 is 0 Å². The third kappa shape index (κ3) is 5.25. The summed E-state index contributed by atoms with van der Waals surface area (Å²) in [5, 5.41) is 3.01. The van der Waals surface area contributed by atoms with Crippen molar-refractivity contribution in [2.75, 3.05) is 20.2 Å². The highest BCUT2D eigenvalue weighted by Crippen LogP contribution is 2.27. The van der Waals surface area contributed by atoms with E-state index in [2.05, 4.69) is 5.32 Å². The molecule has 5 heteroatoms. The van der Waals surface area contributed by atoms with Gasteiger partial charge in [-0.2, -0.15) is 0 Å². The third-order valence-corrected chi connectivity index (χ3v) is 3.10. The lowest BCUT2D eigenvalue weighted by Crippen LogP contribution is -2.16. The average molecular weight is 285 g/mol. The summed E-state index contributed by atoms with van der Waals surface area (Å²) in [5.74, 6) is -0.406. The van der Waals surface area contributed by atoms with Crippen LogP contribution in [-0.2, 0) is 9.53 Å². The number of carbonyl (C=O) groups is 1. The predicted octanol–water partition coefficient (Wildman–Crippen LogP) is 3.27. The Morgan fingerprint density at radius 1 is 1.35 bits per heavy atom. The fraction of sp³-hybridized carbons (Fsp3) is 0.533. The first-order valence-corrected chi connectivity index (χ1v) is 6.76. The molecule has 0 aliphatic heterocycles. The molecule has 1 atom stereocenters. The number of rotatable bonds is 8. The van der Waals surface area contributed by atoms with Gasteiger partial charge in [0.2, 0.25) is 0 Å². The molecule has 0 aliphatic carbocycles. The normalized spacial score (nSPS) is 12.4. The standard InChI is InChI=1S/C15H21F2NO2/c1-3-20-14(19)10-12(7-8-18-2)11-5-4-6-13(9-11)15(16)17/h4-6,9,12,15,18H,3,7-8,10H2,1-2H3. The van der Waals surface area contributed by atoms with Gasteiger partial charge in [0, 0.05) is 5.56 Å². The van der Waals surface area contributed by atoms with Gasteiger partial charge in [-0.25, -0.2) is 8.78 Å². The van der Waals surface area contributed by atoms with Crippen LogP contribution in [0.25, 0.3) is 0 Å². The molecule has 0 aliphatic rings. The molecule has 0 radical (unpaired) electrons. The molecule has 3 nitrogen and oxygen atoms in total. The summed E-state index contributed by atoms with van der Waals surface area (Å²) in [7, 11) is 1.82. The zero-order valence-corrected chi connectivity index (χ0v) is 11.9. The molecular weight excluding hydrogens is 264 g/mol. The maximum absolute atomic E-state index is 12.7. The van der Waals surface area contributed by atoms with E-state index in [1.807, 2.05) is 7.05 Å². The minimum absolute atomic E-state index is 0.0131. The molecule has 112 valence electrons. The molecule has 0 spiro atoms. The van der Waals surface area contributed by atoms with Crippen molar-refractivity contribution < 1.29 is 18.3 Å². The highest BCUT2D eigenvalue weighted by Gasteiger charge is 2.18. The molecule has 1 aromatic rings. The Balaban J connectivity index is 2.85. The van der Waals surface area contributed by atoms with E-state index in [1.165, 1.54) is 12.1 Å². The van der Waals surface area contributed by atoms with E-state index in [4.69, 9.17) is 4.74 Å². The molecule has 0 saturated carbocycles. The van der Waals surface area contributed by atoms with E-state index in [9.17, 15) is 13.6 Å². The number of nitrogens with one attached hydrogen (secondary N) is 1. The Morgan fingerprint density at radius 2 is 2.05 bits per heavy atom. The molecule has 0 heterocycles. The van der Waals surface area contributed by atoms with Crippen LogP contribution < -0.4 is 5.32 Å². The third-order valence-electron chi connectivity index (χ3n) is 3.10. The van der Waals surface area contributed by atoms with Crippen LogP contribution in [0.15, 0.2) is 24.3 Å². The van der Waals surface area contributed by atoms with Gasteiger partial charge < -0.3 is 10.1 Å². The largest absolute Gasteiger partial charge is 0.466 e. The second-order valence-corrected chi connectivity index (χ2v) is 4.57. The van der Waals surface area contributed by atoms with Gasteiger partial charge >= 0.3 is 5.97 Å². The quantitative estimate of drug-likeness (QED) is 0.745. The number of halogens is 2. The first-order valence-electron chi connectivity index (χ1n) is 6.76. The molecule has 0 aromatic heterocycles. The molecule has 1 aromatic carbocycles. The fourth-order valence-corrected chi connectivity index (χ4v) is 2.07. The summed E-state index contributed by atoms with van der Waals surface area (Å²) in [6.45, 7) is 2.79. The summed E-state index contributed by atoms with van der Waals surface area (Å²) < 4.78 is 30.4. The number of ether oxygens (including phenoxy) is 1. The number of hydrogen-bond donors (Lipinski definition) is 1. The lowest BCUT2D eigenvalue weighted by atomic mass is 9.91. The Kier molecular flexibility index (Phi) is 7.15. The Morgan fingerprint density at radius 3 is 2.65 bits per heavy atom. The fourth-order valence-electron chi connectivity index (χ4n) is 2.07. The van der Waals surface area contributed by atoms with Crippen molar-refractivity contribution in [1.29, 1.82) is 0 Å². The monoisotopic (exact) mass is 285 g/mol. The second kappa shape index (κ2) is 8.64. The van der Waals surface area contributed by atoms with E-state index in [0.717, 1.165) is 5.56 Å². The topological polar surface area (TPSA) is 38.3 Å². The summed E-state index contributed by atoms with van der Waals surface area (Å²) >= 11 is 0. The van der Waals surface area contributed by atoms with Gasteiger partial charge in [-0.1, -0.05) is 18.2 Å². The van der Waals surface area contributed by atoms with Crippen LogP contribution in [0.1, 0.15) is 43.2 Å². The van der Waals surface area contributed by atoms with Crippen LogP contribution in [0.4, 0.5) is 8.78 Å². The molecule has 1 N–H and O–H groups in total. The number of benzene rings is 1. The number of esters is 1. The Hall–Kier alpha value is -1.49. The zero-order chi connectivity index (χ0) is 15.0. The predicted molar refractivity (Wildman–Crippen MR) is 73.9 cm³/mol. The second-order valence-electron chi connectivity index (χ2n) is 4.57. The lowest BCUT2D eigenvalue weighted by molar-refractivity contribution is -0.143. The lowest BCUT2D eigenvalue weighted by Gasteiger charge is -2.17. The minimum atomic E-state index is -2.50. The van der Waals surface area contributed by atoms with Crippen LogP contribution >= 0.6 is 0 Å². The van der Waals surface area contributed by atoms with Gasteiger partial charge in [-0.3, -0.25) is 4.79 Å². The van der Waals surface area contributed by atoms with Gasteiger partial charge in [-0.15, -0.1) is 0 Å². The highest BCUT2D eigenvalue weighted by atomic mass is 19.3. The maximum Gasteiger partial charge on any atom is 0.306 e. The molecular formula is C15H21F2NO2. The Labute approximate surface area is 118 Å². The number of carbonyl (C=O) groups excluding carboxylic acids is 1. The highest BCUT2D eigenvalue weighted by molar-refractivity contribution is 5.70. The summed E-state index contributed by atoms with van der Waals surface area (Å²) in [4.78, 5) is 11.6. The smallest absolute Gasteiger partial charge is 0.306 e. The van der Waals surface area contributed by atoms with Gasteiger partial charge in [0.15, 0.2) is 0 Å². The van der Waals surface area contributed by atoms with Crippen molar-refractivity contribution in [2.24, 2.45) is 0 Å². The van der Waals surface area contributed by atoms with E-state index in [1.54, 1.807) is 19.1 Å². The van der Waals surface area contributed by atoms with Gasteiger partial charge in [0.25, 0.3) is 6.43 Å². The van der Waals surface area contributed by atoms with Gasteiger partial charge in [0.1, 0.15) is 0 Å². The summed E-state index contributed by atoms with van der Waals surface area (Å²) in [5.41, 5.74) is 0.743. The van der Waals surface area contributed by atoms with Gasteiger partial charge in [0.05, 0.1) is 13.0 Å². The first-order chi connectivity index (χ1) is 9.58. The van der Waals surface area contributed by atoms with Crippen LogP contribution in [0.2, 0.25) is 0 Å². The average Bonchev–Trinajstić information content (AvgIpc) is 2.43. The molecule has 0 bridgehead atoms. The molecule has 20 heavy (non-hydrogen) atoms. The Bertz CT molecular complexity index is 424. The van der Waals surface area contributed by atoms with Crippen molar-refractivity contribution in [3.8, 4) is 0 Å². The molecule has 0 saturated heterocycles. The van der Waals surface area contributed by atoms with Crippen molar-refractivity contribution in [1.82, 2.24) is 5.32 Å². The van der Waals surface area contributed by atoms with E-state index < -0.39 is 6.43 Å². The van der Waals surface area contributed by atoms with Crippen molar-refractivity contribution >= 4 is 5.97 Å². The summed E-state index contributed by atoms with van der Waals surface area (Å²) in [6.07, 6.45) is -1.59. The van der Waals surface area contributed by atoms with Crippen LogP contribution in [-0.4, -0.2) is 26.2 Å². The zero-order valence-electron chi connectivity index (χ0n) is 11.9. The molecule has 1 unspecified atom stereocenters. The molecule has 1 rings (SSSR count). The van der Waals surface area contributed by atoms with Crippen LogP contribution in [0, 0.1) is 0 Å². The van der Waals surface area contributed by atoms with Crippen molar-refractivity contribution in [3.05, 3.63) is 35.4 Å². The van der Waals surface area contributed by atoms with Crippen LogP contribution in [0.3, 0.4) is 0 Å². The maximum atomic E-state index is 12.7. The number of hydrogen-bond acceptors (Lipinski definition) is 3. The van der Waals surface area contributed by atoms with Gasteiger partial charge in [-0.05, 0) is 44.5 Å². The molecule has 0 amide bonds. The summed E-state index contributed by atoms with van der Waals surface area (Å²) in [6, 6.07) is 6.26. The first kappa shape index (κ1) is 16.6.